The zero-order valence-electron chi connectivity index (χ0n) is 11.8. The predicted octanol–water partition coefficient (Wildman–Crippen LogP) is 0.840. The van der Waals surface area contributed by atoms with Gasteiger partial charge in [0.25, 0.3) is 10.0 Å². The van der Waals surface area contributed by atoms with Crippen molar-refractivity contribution in [2.24, 2.45) is 12.8 Å². The van der Waals surface area contributed by atoms with Gasteiger partial charge in [-0.3, -0.25) is 9.40 Å². The highest BCUT2D eigenvalue weighted by atomic mass is 32.2. The summed E-state index contributed by atoms with van der Waals surface area (Å²) in [6.45, 7) is 2.16. The Morgan fingerprint density at radius 3 is 2.76 bits per heavy atom. The van der Waals surface area contributed by atoms with E-state index in [0.717, 1.165) is 11.1 Å². The Hall–Kier alpha value is -2.30. The van der Waals surface area contributed by atoms with Gasteiger partial charge in [0.2, 0.25) is 0 Å². The van der Waals surface area contributed by atoms with Crippen LogP contribution in [0.1, 0.15) is 11.1 Å². The molecule has 3 N–H and O–H groups in total. The maximum atomic E-state index is 12.3. The third kappa shape index (κ3) is 3.42. The smallest absolute Gasteiger partial charge is 0.279 e. The molecule has 0 saturated heterocycles. The largest absolute Gasteiger partial charge is 0.320 e. The van der Waals surface area contributed by atoms with E-state index in [1.54, 1.807) is 19.2 Å². The average Bonchev–Trinajstić information content (AvgIpc) is 2.86. The van der Waals surface area contributed by atoms with Crippen LogP contribution >= 0.6 is 0 Å². The molecule has 1 aromatic heterocycles. The minimum atomic E-state index is -3.67. The Balaban J connectivity index is 2.34. The number of anilines is 1. The molecule has 1 aromatic carbocycles. The van der Waals surface area contributed by atoms with Crippen molar-refractivity contribution in [3.8, 4) is 11.8 Å². The zero-order valence-corrected chi connectivity index (χ0v) is 12.6. The number of aromatic nitrogens is 2. The summed E-state index contributed by atoms with van der Waals surface area (Å²) in [5.74, 6) is 5.68. The topological polar surface area (TPSA) is 90.0 Å². The van der Waals surface area contributed by atoms with Crippen molar-refractivity contribution in [3.05, 3.63) is 41.6 Å². The van der Waals surface area contributed by atoms with Crippen molar-refractivity contribution in [1.29, 1.82) is 0 Å². The van der Waals surface area contributed by atoms with Gasteiger partial charge in [-0.1, -0.05) is 17.9 Å². The van der Waals surface area contributed by atoms with Crippen LogP contribution in [0.3, 0.4) is 0 Å². The monoisotopic (exact) mass is 304 g/mol. The number of nitrogens with zero attached hydrogens (tertiary/aromatic N) is 2. The molecule has 0 saturated carbocycles. The Labute approximate surface area is 124 Å². The van der Waals surface area contributed by atoms with Crippen LogP contribution in [0.5, 0.6) is 0 Å². The molecule has 0 fully saturated rings. The number of hydrogen-bond donors (Lipinski definition) is 2. The number of benzene rings is 1. The average molecular weight is 304 g/mol. The molecule has 1 heterocycles. The fraction of sp³-hybridized carbons (Fsp3) is 0.214. The van der Waals surface area contributed by atoms with Gasteiger partial charge in [0.1, 0.15) is 0 Å². The molecule has 0 atom stereocenters. The molecule has 110 valence electrons. The Morgan fingerprint density at radius 2 is 2.14 bits per heavy atom. The summed E-state index contributed by atoms with van der Waals surface area (Å²) in [6, 6.07) is 6.62. The fourth-order valence-electron chi connectivity index (χ4n) is 1.80. The summed E-state index contributed by atoms with van der Waals surface area (Å²) in [6.07, 6.45) is 1.43. The summed E-state index contributed by atoms with van der Waals surface area (Å²) in [5, 5.41) is 3.95. The number of aryl methyl sites for hydroxylation is 2. The molecule has 0 radical (unpaired) electrons. The summed E-state index contributed by atoms with van der Waals surface area (Å²) >= 11 is 0. The van der Waals surface area contributed by atoms with Crippen molar-refractivity contribution < 1.29 is 8.42 Å². The van der Waals surface area contributed by atoms with Crippen molar-refractivity contribution in [3.63, 3.8) is 0 Å². The minimum absolute atomic E-state index is 0.0951. The zero-order chi connectivity index (χ0) is 15.5. The molecule has 0 spiro atoms. The van der Waals surface area contributed by atoms with Crippen molar-refractivity contribution in [1.82, 2.24) is 9.78 Å². The Kier molecular flexibility index (Phi) is 4.31. The van der Waals surface area contributed by atoms with E-state index in [-0.39, 0.29) is 11.6 Å². The number of sulfonamides is 1. The second-order valence-corrected chi connectivity index (χ2v) is 6.06. The van der Waals surface area contributed by atoms with E-state index in [1.807, 2.05) is 13.0 Å². The van der Waals surface area contributed by atoms with Crippen LogP contribution in [0.2, 0.25) is 0 Å². The first-order valence-corrected chi connectivity index (χ1v) is 7.73. The van der Waals surface area contributed by atoms with Gasteiger partial charge in [-0.05, 0) is 30.7 Å². The van der Waals surface area contributed by atoms with E-state index < -0.39 is 10.0 Å². The van der Waals surface area contributed by atoms with Gasteiger partial charge in [-0.25, -0.2) is 0 Å². The molecule has 0 bridgehead atoms. The van der Waals surface area contributed by atoms with Crippen LogP contribution in [-0.2, 0) is 17.1 Å². The van der Waals surface area contributed by atoms with E-state index in [9.17, 15) is 8.42 Å². The second kappa shape index (κ2) is 5.99. The van der Waals surface area contributed by atoms with E-state index >= 15 is 0 Å². The van der Waals surface area contributed by atoms with E-state index in [4.69, 9.17) is 5.73 Å². The molecule has 0 aliphatic rings. The first kappa shape index (κ1) is 15.1. The van der Waals surface area contributed by atoms with Crippen LogP contribution in [-0.4, -0.2) is 24.7 Å². The standard InChI is InChI=1S/C14H16N4O2S/c1-11-5-6-13(10-12(11)4-3-8-15)17-21(19,20)14-7-9-16-18(14)2/h5-7,9-10,17H,8,15H2,1-2H3. The highest BCUT2D eigenvalue weighted by Gasteiger charge is 2.18. The van der Waals surface area contributed by atoms with Gasteiger partial charge >= 0.3 is 0 Å². The lowest BCUT2D eigenvalue weighted by molar-refractivity contribution is 0.582. The number of nitrogens with two attached hydrogens (primary N) is 1. The van der Waals surface area contributed by atoms with Crippen LogP contribution < -0.4 is 10.5 Å². The summed E-state index contributed by atoms with van der Waals surface area (Å²) in [7, 11) is -2.10. The van der Waals surface area contributed by atoms with Gasteiger partial charge in [-0.2, -0.15) is 13.5 Å². The summed E-state index contributed by atoms with van der Waals surface area (Å²) < 4.78 is 28.3. The third-order valence-corrected chi connectivity index (χ3v) is 4.32. The van der Waals surface area contributed by atoms with Crippen LogP contribution in [0.4, 0.5) is 5.69 Å². The van der Waals surface area contributed by atoms with E-state index in [1.165, 1.54) is 16.9 Å². The maximum Gasteiger partial charge on any atom is 0.279 e. The highest BCUT2D eigenvalue weighted by molar-refractivity contribution is 7.92. The Bertz CT molecular complexity index is 813. The number of hydrogen-bond acceptors (Lipinski definition) is 4. The molecule has 7 heteroatoms. The van der Waals surface area contributed by atoms with Crippen molar-refractivity contribution in [2.45, 2.75) is 11.9 Å². The van der Waals surface area contributed by atoms with Crippen LogP contribution in [0.15, 0.2) is 35.5 Å². The van der Waals surface area contributed by atoms with Gasteiger partial charge in [0.05, 0.1) is 18.4 Å². The minimum Gasteiger partial charge on any atom is -0.320 e. The quantitative estimate of drug-likeness (QED) is 0.822. The molecule has 0 aliphatic heterocycles. The fourth-order valence-corrected chi connectivity index (χ4v) is 2.98. The first-order valence-electron chi connectivity index (χ1n) is 6.24. The summed E-state index contributed by atoms with van der Waals surface area (Å²) in [4.78, 5) is 0. The summed E-state index contributed by atoms with van der Waals surface area (Å²) in [5.41, 5.74) is 7.50. The van der Waals surface area contributed by atoms with Gasteiger partial charge < -0.3 is 5.73 Å². The van der Waals surface area contributed by atoms with E-state index in [2.05, 4.69) is 21.7 Å². The van der Waals surface area contributed by atoms with Crippen molar-refractivity contribution >= 4 is 15.7 Å². The first-order chi connectivity index (χ1) is 9.94. The number of rotatable bonds is 3. The molecule has 21 heavy (non-hydrogen) atoms. The highest BCUT2D eigenvalue weighted by Crippen LogP contribution is 2.18. The van der Waals surface area contributed by atoms with E-state index in [0.29, 0.717) is 5.69 Å². The predicted molar refractivity (Wildman–Crippen MR) is 81.1 cm³/mol. The molecule has 2 aromatic rings. The Morgan fingerprint density at radius 1 is 1.38 bits per heavy atom. The van der Waals surface area contributed by atoms with Crippen LogP contribution in [0, 0.1) is 18.8 Å². The lowest BCUT2D eigenvalue weighted by Gasteiger charge is -2.09. The lowest BCUT2D eigenvalue weighted by Crippen LogP contribution is -2.16. The van der Waals surface area contributed by atoms with Gasteiger partial charge in [-0.15, -0.1) is 0 Å². The third-order valence-electron chi connectivity index (χ3n) is 2.87. The second-order valence-electron chi connectivity index (χ2n) is 4.43. The lowest BCUT2D eigenvalue weighted by atomic mass is 10.1. The molecule has 0 aliphatic carbocycles. The molecular formula is C14H16N4O2S. The molecule has 0 amide bonds. The SMILES string of the molecule is Cc1ccc(NS(=O)(=O)c2ccnn2C)cc1C#CCN. The maximum absolute atomic E-state index is 12.3. The molecule has 0 unspecified atom stereocenters. The van der Waals surface area contributed by atoms with Gasteiger partial charge in [0.15, 0.2) is 5.03 Å². The molecule has 6 nitrogen and oxygen atoms in total. The molecule has 2 rings (SSSR count). The normalized spacial score (nSPS) is 10.8. The van der Waals surface area contributed by atoms with Crippen molar-refractivity contribution in [2.75, 3.05) is 11.3 Å². The molecular weight excluding hydrogens is 288 g/mol. The van der Waals surface area contributed by atoms with Gasteiger partial charge in [0, 0.05) is 12.6 Å². The number of nitrogens with one attached hydrogen (secondary N) is 1. The van der Waals surface area contributed by atoms with Crippen LogP contribution in [0.25, 0.3) is 0 Å².